The monoisotopic (exact) mass is 262 g/mol. The third-order valence-electron chi connectivity index (χ3n) is 2.56. The molecular weight excluding hydrogens is 255 g/mol. The van der Waals surface area contributed by atoms with Crippen molar-refractivity contribution in [1.29, 1.82) is 0 Å². The molecule has 2 aromatic heterocycles. The van der Waals surface area contributed by atoms with Gasteiger partial charge in [0.25, 0.3) is 0 Å². The number of pyridine rings is 1. The summed E-state index contributed by atoms with van der Waals surface area (Å²) in [5.41, 5.74) is 2.60. The van der Waals surface area contributed by atoms with Crippen molar-refractivity contribution in [2.75, 3.05) is 0 Å². The van der Waals surface area contributed by atoms with Crippen molar-refractivity contribution in [3.05, 3.63) is 58.8 Å². The van der Waals surface area contributed by atoms with Gasteiger partial charge in [0.1, 0.15) is 0 Å². The summed E-state index contributed by atoms with van der Waals surface area (Å²) in [7, 11) is 0. The van der Waals surface area contributed by atoms with E-state index in [4.69, 9.17) is 23.2 Å². The normalized spacial score (nSPS) is 10.9. The van der Waals surface area contributed by atoms with E-state index >= 15 is 0 Å². The Bertz CT molecular complexity index is 689. The van der Waals surface area contributed by atoms with E-state index in [0.29, 0.717) is 10.0 Å². The maximum atomic E-state index is 6.08. The van der Waals surface area contributed by atoms with Gasteiger partial charge in [-0.25, -0.2) is 4.98 Å². The SMILES string of the molecule is Clc1cccc(-c2cn3cccc(Cl)c3n2)c1. The molecule has 0 unspecified atom stereocenters. The Morgan fingerprint density at radius 1 is 1.06 bits per heavy atom. The molecule has 2 heterocycles. The van der Waals surface area contributed by atoms with Crippen molar-refractivity contribution < 1.29 is 0 Å². The lowest BCUT2D eigenvalue weighted by Crippen LogP contribution is -1.80. The molecule has 0 fully saturated rings. The summed E-state index contributed by atoms with van der Waals surface area (Å²) < 4.78 is 1.90. The fourth-order valence-corrected chi connectivity index (χ4v) is 2.17. The van der Waals surface area contributed by atoms with Crippen LogP contribution in [-0.2, 0) is 0 Å². The van der Waals surface area contributed by atoms with Gasteiger partial charge >= 0.3 is 0 Å². The van der Waals surface area contributed by atoms with E-state index in [1.54, 1.807) is 0 Å². The number of hydrogen-bond donors (Lipinski definition) is 0. The first-order valence-corrected chi connectivity index (χ1v) is 5.89. The molecule has 3 aromatic rings. The van der Waals surface area contributed by atoms with Crippen LogP contribution in [0.2, 0.25) is 10.0 Å². The van der Waals surface area contributed by atoms with Crippen LogP contribution in [0.5, 0.6) is 0 Å². The Balaban J connectivity index is 2.22. The van der Waals surface area contributed by atoms with Crippen molar-refractivity contribution in [3.8, 4) is 11.3 Å². The maximum absolute atomic E-state index is 6.08. The average Bonchev–Trinajstić information content (AvgIpc) is 2.74. The minimum atomic E-state index is 0.640. The zero-order valence-electron chi connectivity index (χ0n) is 8.77. The Hall–Kier alpha value is -1.51. The number of aromatic nitrogens is 2. The van der Waals surface area contributed by atoms with Gasteiger partial charge in [-0.2, -0.15) is 0 Å². The molecule has 0 atom stereocenters. The van der Waals surface area contributed by atoms with Crippen molar-refractivity contribution >= 4 is 28.8 Å². The molecule has 0 spiro atoms. The predicted octanol–water partition coefficient (Wildman–Crippen LogP) is 4.31. The highest BCUT2D eigenvalue weighted by atomic mass is 35.5. The number of nitrogens with zero attached hydrogens (tertiary/aromatic N) is 2. The standard InChI is InChI=1S/C13H8Cl2N2/c14-10-4-1-3-9(7-10)12-8-17-6-2-5-11(15)13(17)16-12/h1-8H. The Kier molecular flexibility index (Phi) is 2.54. The smallest absolute Gasteiger partial charge is 0.156 e. The van der Waals surface area contributed by atoms with E-state index in [2.05, 4.69) is 4.98 Å². The second kappa shape index (κ2) is 4.06. The van der Waals surface area contributed by atoms with Gasteiger partial charge in [-0.1, -0.05) is 35.3 Å². The molecule has 0 aliphatic carbocycles. The molecule has 0 aliphatic heterocycles. The molecule has 0 saturated heterocycles. The first-order chi connectivity index (χ1) is 8.24. The van der Waals surface area contributed by atoms with Crippen LogP contribution >= 0.6 is 23.2 Å². The first-order valence-electron chi connectivity index (χ1n) is 5.13. The summed E-state index contributed by atoms with van der Waals surface area (Å²) in [5.74, 6) is 0. The van der Waals surface area contributed by atoms with Gasteiger partial charge in [-0.15, -0.1) is 0 Å². The van der Waals surface area contributed by atoms with E-state index in [0.717, 1.165) is 16.9 Å². The van der Waals surface area contributed by atoms with Crippen molar-refractivity contribution in [2.24, 2.45) is 0 Å². The molecule has 0 amide bonds. The molecule has 4 heteroatoms. The number of rotatable bonds is 1. The minimum absolute atomic E-state index is 0.640. The summed E-state index contributed by atoms with van der Waals surface area (Å²) in [5, 5.41) is 1.34. The van der Waals surface area contributed by atoms with Gasteiger partial charge in [-0.3, -0.25) is 0 Å². The van der Waals surface area contributed by atoms with Crippen molar-refractivity contribution in [3.63, 3.8) is 0 Å². The quantitative estimate of drug-likeness (QED) is 0.639. The molecular formula is C13H8Cl2N2. The molecule has 2 nitrogen and oxygen atoms in total. The lowest BCUT2D eigenvalue weighted by atomic mass is 10.2. The fraction of sp³-hybridized carbons (Fsp3) is 0. The van der Waals surface area contributed by atoms with Crippen molar-refractivity contribution in [2.45, 2.75) is 0 Å². The fourth-order valence-electron chi connectivity index (χ4n) is 1.77. The van der Waals surface area contributed by atoms with Crippen LogP contribution in [0.3, 0.4) is 0 Å². The maximum Gasteiger partial charge on any atom is 0.156 e. The van der Waals surface area contributed by atoms with Crippen LogP contribution in [0.4, 0.5) is 0 Å². The largest absolute Gasteiger partial charge is 0.305 e. The summed E-state index contributed by atoms with van der Waals surface area (Å²) in [6, 6.07) is 11.3. The number of halogens is 2. The summed E-state index contributed by atoms with van der Waals surface area (Å²) >= 11 is 12.0. The Morgan fingerprint density at radius 3 is 2.71 bits per heavy atom. The third-order valence-corrected chi connectivity index (χ3v) is 3.09. The van der Waals surface area contributed by atoms with Gasteiger partial charge in [0.15, 0.2) is 5.65 Å². The summed E-state index contributed by atoms with van der Waals surface area (Å²) in [4.78, 5) is 4.50. The number of fused-ring (bicyclic) bond motifs is 1. The van der Waals surface area contributed by atoms with Crippen LogP contribution in [0, 0.1) is 0 Å². The van der Waals surface area contributed by atoms with Crippen LogP contribution in [0.1, 0.15) is 0 Å². The highest BCUT2D eigenvalue weighted by Crippen LogP contribution is 2.24. The van der Waals surface area contributed by atoms with Gasteiger partial charge < -0.3 is 4.40 Å². The Morgan fingerprint density at radius 2 is 1.94 bits per heavy atom. The second-order valence-electron chi connectivity index (χ2n) is 3.72. The lowest BCUT2D eigenvalue weighted by molar-refractivity contribution is 1.19. The minimum Gasteiger partial charge on any atom is -0.305 e. The first kappa shape index (κ1) is 10.6. The Labute approximate surface area is 108 Å². The lowest BCUT2D eigenvalue weighted by Gasteiger charge is -1.95. The van der Waals surface area contributed by atoms with Crippen LogP contribution < -0.4 is 0 Å². The van der Waals surface area contributed by atoms with Crippen LogP contribution in [-0.4, -0.2) is 9.38 Å². The van der Waals surface area contributed by atoms with E-state index in [9.17, 15) is 0 Å². The molecule has 0 bridgehead atoms. The van der Waals surface area contributed by atoms with Crippen molar-refractivity contribution in [1.82, 2.24) is 9.38 Å². The number of hydrogen-bond acceptors (Lipinski definition) is 1. The zero-order chi connectivity index (χ0) is 11.8. The van der Waals surface area contributed by atoms with E-state index in [-0.39, 0.29) is 0 Å². The van der Waals surface area contributed by atoms with Crippen LogP contribution in [0.25, 0.3) is 16.9 Å². The second-order valence-corrected chi connectivity index (χ2v) is 4.57. The van der Waals surface area contributed by atoms with Crippen LogP contribution in [0.15, 0.2) is 48.8 Å². The summed E-state index contributed by atoms with van der Waals surface area (Å²) in [6.07, 6.45) is 3.86. The third kappa shape index (κ3) is 1.90. The predicted molar refractivity (Wildman–Crippen MR) is 70.6 cm³/mol. The van der Waals surface area contributed by atoms with Gasteiger partial charge in [-0.05, 0) is 24.3 Å². The average molecular weight is 263 g/mol. The van der Waals surface area contributed by atoms with E-state index in [1.807, 2.05) is 53.2 Å². The molecule has 0 radical (unpaired) electrons. The highest BCUT2D eigenvalue weighted by Gasteiger charge is 2.06. The molecule has 84 valence electrons. The molecule has 17 heavy (non-hydrogen) atoms. The van der Waals surface area contributed by atoms with Gasteiger partial charge in [0.2, 0.25) is 0 Å². The molecule has 1 aromatic carbocycles. The van der Waals surface area contributed by atoms with E-state index < -0.39 is 0 Å². The van der Waals surface area contributed by atoms with Gasteiger partial charge in [0, 0.05) is 23.0 Å². The topological polar surface area (TPSA) is 17.3 Å². The zero-order valence-corrected chi connectivity index (χ0v) is 10.3. The number of benzene rings is 1. The van der Waals surface area contributed by atoms with E-state index in [1.165, 1.54) is 0 Å². The van der Waals surface area contributed by atoms with Gasteiger partial charge in [0.05, 0.1) is 10.7 Å². The highest BCUT2D eigenvalue weighted by molar-refractivity contribution is 6.33. The number of imidazole rings is 1. The molecule has 0 N–H and O–H groups in total. The summed E-state index contributed by atoms with van der Waals surface area (Å²) in [6.45, 7) is 0. The molecule has 0 saturated carbocycles. The molecule has 3 rings (SSSR count). The molecule has 0 aliphatic rings.